The first-order valence-corrected chi connectivity index (χ1v) is 12.4. The van der Waals surface area contributed by atoms with E-state index in [2.05, 4.69) is 67.5 Å². The molecule has 0 aliphatic heterocycles. The fourth-order valence-electron chi connectivity index (χ4n) is 5.02. The van der Waals surface area contributed by atoms with Gasteiger partial charge in [0.2, 0.25) is 11.7 Å². The summed E-state index contributed by atoms with van der Waals surface area (Å²) in [6, 6.07) is 20.7. The fourth-order valence-corrected chi connectivity index (χ4v) is 5.02. The molecule has 1 aromatic heterocycles. The van der Waals surface area contributed by atoms with Gasteiger partial charge < -0.3 is 15.0 Å². The molecule has 0 spiro atoms. The molecule has 3 N–H and O–H groups in total. The molecule has 3 aromatic carbocycles. The topological polar surface area (TPSA) is 98.0 Å². The van der Waals surface area contributed by atoms with Crippen molar-refractivity contribution in [2.75, 3.05) is 0 Å². The second kappa shape index (κ2) is 9.90. The zero-order valence-electron chi connectivity index (χ0n) is 20.3. The van der Waals surface area contributed by atoms with Crippen LogP contribution in [-0.2, 0) is 6.61 Å². The lowest BCUT2D eigenvalue weighted by molar-refractivity contribution is 0.306. The maximum absolute atomic E-state index is 7.98. The summed E-state index contributed by atoms with van der Waals surface area (Å²) in [5.74, 6) is 2.98. The number of nitrogens with one attached hydrogen (secondary N) is 1. The van der Waals surface area contributed by atoms with Gasteiger partial charge >= 0.3 is 0 Å². The maximum atomic E-state index is 7.98. The van der Waals surface area contributed by atoms with Gasteiger partial charge in [-0.25, -0.2) is 0 Å². The summed E-state index contributed by atoms with van der Waals surface area (Å²) in [5.41, 5.74) is 9.20. The van der Waals surface area contributed by atoms with E-state index in [0.29, 0.717) is 24.2 Å². The van der Waals surface area contributed by atoms with Crippen LogP contribution in [-0.4, -0.2) is 16.0 Å². The quantitative estimate of drug-likeness (QED) is 0.188. The second-order valence-electron chi connectivity index (χ2n) is 9.86. The average Bonchev–Trinajstić information content (AvgIpc) is 3.26. The molecule has 180 valence electrons. The lowest BCUT2D eigenvalue weighted by atomic mass is 9.86. The predicted molar refractivity (Wildman–Crippen MR) is 139 cm³/mol. The van der Waals surface area contributed by atoms with Gasteiger partial charge in [0, 0.05) is 17.4 Å². The van der Waals surface area contributed by atoms with Crippen molar-refractivity contribution in [1.82, 2.24) is 10.1 Å². The minimum Gasteiger partial charge on any atom is -0.489 e. The molecule has 1 saturated carbocycles. The number of aryl methyl sites for hydroxylation is 1. The van der Waals surface area contributed by atoms with Crippen LogP contribution in [0.4, 0.5) is 0 Å². The smallest absolute Gasteiger partial charge is 0.230 e. The maximum Gasteiger partial charge on any atom is 0.230 e. The molecule has 5 rings (SSSR count). The van der Waals surface area contributed by atoms with Crippen LogP contribution in [0, 0.1) is 24.2 Å². The number of nitrogens with zero attached hydrogens (tertiary/aromatic N) is 2. The van der Waals surface area contributed by atoms with E-state index in [1.54, 1.807) is 0 Å². The molecular formula is C29H32N4O2. The van der Waals surface area contributed by atoms with E-state index in [4.69, 9.17) is 25.4 Å². The summed E-state index contributed by atoms with van der Waals surface area (Å²) in [7, 11) is 0. The van der Waals surface area contributed by atoms with Gasteiger partial charge in [-0.1, -0.05) is 66.5 Å². The molecule has 6 nitrogen and oxygen atoms in total. The molecule has 0 amide bonds. The fraction of sp³-hybridized carbons (Fsp3) is 0.345. The van der Waals surface area contributed by atoms with Gasteiger partial charge in [-0.05, 0) is 66.6 Å². The highest BCUT2D eigenvalue weighted by Crippen LogP contribution is 2.37. The molecule has 0 radical (unpaired) electrons. The number of aromatic nitrogens is 2. The van der Waals surface area contributed by atoms with E-state index in [0.717, 1.165) is 53.3 Å². The second-order valence-corrected chi connectivity index (χ2v) is 9.86. The zero-order chi connectivity index (χ0) is 24.4. The predicted octanol–water partition coefficient (Wildman–Crippen LogP) is 6.62. The van der Waals surface area contributed by atoms with Gasteiger partial charge in [-0.15, -0.1) is 0 Å². The Hall–Kier alpha value is -3.67. The van der Waals surface area contributed by atoms with Gasteiger partial charge in [-0.2, -0.15) is 4.98 Å². The van der Waals surface area contributed by atoms with Crippen LogP contribution in [0.2, 0.25) is 0 Å². The first-order valence-electron chi connectivity index (χ1n) is 12.4. The Kier molecular flexibility index (Phi) is 6.53. The third-order valence-electron chi connectivity index (χ3n) is 7.22. The van der Waals surface area contributed by atoms with Gasteiger partial charge in [0.1, 0.15) is 12.4 Å². The largest absolute Gasteiger partial charge is 0.489 e. The van der Waals surface area contributed by atoms with Gasteiger partial charge in [0.05, 0.1) is 5.84 Å². The average molecular weight is 469 g/mol. The molecule has 0 bridgehead atoms. The highest BCUT2D eigenvalue weighted by atomic mass is 16.5. The van der Waals surface area contributed by atoms with Gasteiger partial charge in [0.15, 0.2) is 0 Å². The summed E-state index contributed by atoms with van der Waals surface area (Å²) in [5, 5.41) is 14.5. The number of rotatable bonds is 6. The summed E-state index contributed by atoms with van der Waals surface area (Å²) in [6.45, 7) is 4.81. The molecule has 2 unspecified atom stereocenters. The minimum absolute atomic E-state index is 0.0703. The molecule has 6 heteroatoms. The molecule has 1 heterocycles. The number of ether oxygens (including phenoxy) is 1. The van der Waals surface area contributed by atoms with E-state index in [9.17, 15) is 0 Å². The van der Waals surface area contributed by atoms with Crippen molar-refractivity contribution in [3.8, 4) is 17.1 Å². The SMILES string of the molecule is Cc1ccc(COc2ccc3cc(-c4noc([C@@H]5CCCC(C)C(C(=N)N)C5)n4)ccc3c2)cc1. The lowest BCUT2D eigenvalue weighted by Crippen LogP contribution is -2.28. The number of amidine groups is 1. The van der Waals surface area contributed by atoms with Gasteiger partial charge in [0.25, 0.3) is 0 Å². The van der Waals surface area contributed by atoms with Crippen molar-refractivity contribution in [3.63, 3.8) is 0 Å². The van der Waals surface area contributed by atoms with Crippen LogP contribution in [0.3, 0.4) is 0 Å². The van der Waals surface area contributed by atoms with E-state index in [-0.39, 0.29) is 17.7 Å². The van der Waals surface area contributed by atoms with Crippen LogP contribution in [0.25, 0.3) is 22.2 Å². The molecule has 1 fully saturated rings. The lowest BCUT2D eigenvalue weighted by Gasteiger charge is -2.21. The Morgan fingerprint density at radius 3 is 2.63 bits per heavy atom. The Morgan fingerprint density at radius 1 is 1.06 bits per heavy atom. The third kappa shape index (κ3) is 5.21. The number of benzene rings is 3. The Morgan fingerprint density at radius 2 is 1.83 bits per heavy atom. The number of nitrogens with two attached hydrogens (primary N) is 1. The van der Waals surface area contributed by atoms with Crippen LogP contribution >= 0.6 is 0 Å². The minimum atomic E-state index is 0.0703. The molecule has 1 aliphatic rings. The molecule has 4 aromatic rings. The normalized spacial score (nSPS) is 20.5. The number of hydrogen-bond acceptors (Lipinski definition) is 5. The van der Waals surface area contributed by atoms with E-state index < -0.39 is 0 Å². The van der Waals surface area contributed by atoms with E-state index >= 15 is 0 Å². The van der Waals surface area contributed by atoms with Crippen molar-refractivity contribution in [3.05, 3.63) is 77.7 Å². The van der Waals surface area contributed by atoms with Crippen molar-refractivity contribution in [2.24, 2.45) is 17.6 Å². The van der Waals surface area contributed by atoms with Crippen LogP contribution < -0.4 is 10.5 Å². The first kappa shape index (κ1) is 23.1. The van der Waals surface area contributed by atoms with E-state index in [1.807, 2.05) is 12.1 Å². The molecule has 3 atom stereocenters. The Balaban J connectivity index is 1.31. The molecule has 0 saturated heterocycles. The summed E-state index contributed by atoms with van der Waals surface area (Å²) < 4.78 is 11.7. The van der Waals surface area contributed by atoms with Crippen molar-refractivity contribution in [1.29, 1.82) is 5.41 Å². The van der Waals surface area contributed by atoms with Crippen LogP contribution in [0.1, 0.15) is 55.5 Å². The number of hydrogen-bond donors (Lipinski definition) is 2. The molecule has 1 aliphatic carbocycles. The molecular weight excluding hydrogens is 436 g/mol. The summed E-state index contributed by atoms with van der Waals surface area (Å²) >= 11 is 0. The van der Waals surface area contributed by atoms with Crippen molar-refractivity contribution in [2.45, 2.75) is 52.1 Å². The van der Waals surface area contributed by atoms with Crippen LogP contribution in [0.15, 0.2) is 65.2 Å². The van der Waals surface area contributed by atoms with E-state index in [1.165, 1.54) is 5.56 Å². The zero-order valence-corrected chi connectivity index (χ0v) is 20.3. The third-order valence-corrected chi connectivity index (χ3v) is 7.22. The monoisotopic (exact) mass is 468 g/mol. The van der Waals surface area contributed by atoms with Crippen molar-refractivity contribution < 1.29 is 9.26 Å². The molecule has 35 heavy (non-hydrogen) atoms. The Bertz CT molecular complexity index is 1330. The first-order chi connectivity index (χ1) is 17.0. The van der Waals surface area contributed by atoms with Crippen LogP contribution in [0.5, 0.6) is 5.75 Å². The summed E-state index contributed by atoms with van der Waals surface area (Å²) in [4.78, 5) is 4.74. The highest BCUT2D eigenvalue weighted by Gasteiger charge is 2.31. The standard InChI is InChI=1S/C29H32N4O2/c1-18-6-8-20(9-7-18)17-34-25-13-12-21-14-23(11-10-22(21)15-25)28-32-29(35-33-28)24-5-3-4-19(2)26(16-24)27(30)31/h6-15,19,24,26H,3-5,16-17H2,1-2H3,(H3,30,31)/t19?,24-,26?/m1/s1. The van der Waals surface area contributed by atoms with Crippen molar-refractivity contribution >= 4 is 16.6 Å². The summed E-state index contributed by atoms with van der Waals surface area (Å²) in [6.07, 6.45) is 3.93. The Labute approximate surface area is 206 Å². The number of fused-ring (bicyclic) bond motifs is 1. The highest BCUT2D eigenvalue weighted by molar-refractivity contribution is 5.87. The van der Waals surface area contributed by atoms with Gasteiger partial charge in [-0.3, -0.25) is 5.41 Å².